The molecule has 0 radical (unpaired) electrons. The number of piperidine rings is 1. The van der Waals surface area contributed by atoms with Gasteiger partial charge in [-0.1, -0.05) is 27.2 Å². The summed E-state index contributed by atoms with van der Waals surface area (Å²) in [5.74, 6) is 0.934. The van der Waals surface area contributed by atoms with Crippen LogP contribution >= 0.6 is 0 Å². The molecule has 0 amide bonds. The minimum Gasteiger partial charge on any atom is -0.378 e. The lowest BCUT2D eigenvalue weighted by atomic mass is 9.92. The Morgan fingerprint density at radius 3 is 2.60 bits per heavy atom. The zero-order chi connectivity index (χ0) is 17.4. The van der Waals surface area contributed by atoms with Crippen molar-refractivity contribution < 1.29 is 4.74 Å². The number of hydrogen-bond acceptors (Lipinski definition) is 4. The molecule has 2 aliphatic heterocycles. The Bertz CT molecular complexity index is 707. The summed E-state index contributed by atoms with van der Waals surface area (Å²) >= 11 is 0. The van der Waals surface area contributed by atoms with Gasteiger partial charge in [-0.2, -0.15) is 5.10 Å². The Labute approximate surface area is 149 Å². The van der Waals surface area contributed by atoms with Gasteiger partial charge < -0.3 is 9.30 Å². The van der Waals surface area contributed by atoms with Crippen molar-refractivity contribution in [2.24, 2.45) is 0 Å². The fourth-order valence-corrected chi connectivity index (χ4v) is 4.00. The van der Waals surface area contributed by atoms with Gasteiger partial charge in [0.15, 0.2) is 5.82 Å². The third-order valence-electron chi connectivity index (χ3n) is 5.52. The fraction of sp³-hybridized carbons (Fsp3) is 0.684. The van der Waals surface area contributed by atoms with E-state index in [0.29, 0.717) is 12.1 Å². The molecule has 2 aromatic rings. The molecule has 0 unspecified atom stereocenters. The first-order chi connectivity index (χ1) is 12.0. The van der Waals surface area contributed by atoms with Crippen LogP contribution in [0.4, 0.5) is 0 Å². The van der Waals surface area contributed by atoms with E-state index >= 15 is 0 Å². The van der Waals surface area contributed by atoms with Crippen molar-refractivity contribution in [3.8, 4) is 11.5 Å². The van der Waals surface area contributed by atoms with E-state index in [9.17, 15) is 0 Å². The van der Waals surface area contributed by atoms with Crippen LogP contribution in [-0.2, 0) is 10.2 Å². The second-order valence-electron chi connectivity index (χ2n) is 8.34. The Morgan fingerprint density at radius 2 is 1.88 bits per heavy atom. The average Bonchev–Trinajstić information content (AvgIpc) is 3.33. The monoisotopic (exact) mass is 343 g/mol. The average molecular weight is 343 g/mol. The Morgan fingerprint density at radius 1 is 1.12 bits per heavy atom. The molecule has 0 bridgehead atoms. The minimum atomic E-state index is 0.0511. The zero-order valence-electron chi connectivity index (χ0n) is 15.5. The second kappa shape index (κ2) is 6.57. The van der Waals surface area contributed by atoms with Gasteiger partial charge >= 0.3 is 0 Å². The van der Waals surface area contributed by atoms with Crippen LogP contribution in [0.1, 0.15) is 51.8 Å². The highest BCUT2D eigenvalue weighted by atomic mass is 16.5. The molecule has 25 heavy (non-hydrogen) atoms. The van der Waals surface area contributed by atoms with Gasteiger partial charge in [-0.3, -0.25) is 10.00 Å². The number of hydrogen-bond donors (Lipinski definition) is 1. The van der Waals surface area contributed by atoms with Crippen LogP contribution in [0.2, 0.25) is 0 Å². The second-order valence-corrected chi connectivity index (χ2v) is 8.34. The molecule has 2 atom stereocenters. The highest BCUT2D eigenvalue weighted by molar-refractivity contribution is 5.51. The van der Waals surface area contributed by atoms with Gasteiger partial charge in [-0.15, -0.1) is 0 Å². The van der Waals surface area contributed by atoms with Gasteiger partial charge in [0, 0.05) is 23.5 Å². The van der Waals surface area contributed by atoms with Crippen LogP contribution in [0.5, 0.6) is 0 Å². The van der Waals surface area contributed by atoms with Crippen molar-refractivity contribution in [2.45, 2.75) is 57.5 Å². The summed E-state index contributed by atoms with van der Waals surface area (Å²) in [4.78, 5) is 7.22. The molecule has 136 valence electrons. The van der Waals surface area contributed by atoms with Crippen LogP contribution in [0.25, 0.3) is 11.5 Å². The van der Waals surface area contributed by atoms with Gasteiger partial charge in [0.25, 0.3) is 0 Å². The van der Waals surface area contributed by atoms with E-state index in [1.54, 1.807) is 0 Å². The molecule has 2 aromatic heterocycles. The number of nitrogens with one attached hydrogen (secondary N) is 1. The number of rotatable bonds is 3. The summed E-state index contributed by atoms with van der Waals surface area (Å²) in [6.07, 6.45) is 7.92. The molecule has 2 fully saturated rings. The lowest BCUT2D eigenvalue weighted by Gasteiger charge is -2.35. The summed E-state index contributed by atoms with van der Waals surface area (Å²) in [5, 5.41) is 7.71. The van der Waals surface area contributed by atoms with Crippen molar-refractivity contribution in [2.75, 3.05) is 26.3 Å². The molecule has 2 aliphatic rings. The third kappa shape index (κ3) is 3.25. The van der Waals surface area contributed by atoms with Crippen LogP contribution in [-0.4, -0.2) is 57.0 Å². The number of ether oxygens (including phenoxy) is 1. The molecule has 2 saturated heterocycles. The molecule has 0 aliphatic carbocycles. The molecular weight excluding hydrogens is 314 g/mol. The molecule has 4 rings (SSSR count). The van der Waals surface area contributed by atoms with Crippen molar-refractivity contribution in [3.63, 3.8) is 0 Å². The van der Waals surface area contributed by atoms with Crippen LogP contribution < -0.4 is 0 Å². The smallest absolute Gasteiger partial charge is 0.160 e. The van der Waals surface area contributed by atoms with E-state index in [0.717, 1.165) is 30.4 Å². The molecule has 4 heterocycles. The van der Waals surface area contributed by atoms with Crippen molar-refractivity contribution >= 4 is 0 Å². The number of aromatic nitrogens is 4. The molecule has 0 spiro atoms. The zero-order valence-corrected chi connectivity index (χ0v) is 15.5. The quantitative estimate of drug-likeness (QED) is 0.931. The van der Waals surface area contributed by atoms with E-state index in [1.165, 1.54) is 32.4 Å². The minimum absolute atomic E-state index is 0.0511. The Hall–Kier alpha value is -1.66. The van der Waals surface area contributed by atoms with E-state index in [4.69, 9.17) is 4.74 Å². The standard InChI is InChI=1S/C19H29N5O/c1-19(2,3)17-11-14(21-22-17)18-20-7-10-24(18)16-13-25-12-15(16)23-8-5-4-6-9-23/h7,10-11,15-16H,4-6,8-9,12-13H2,1-3H3,(H,21,22)/t15-,16-/m1/s1. The van der Waals surface area contributed by atoms with E-state index in [1.807, 2.05) is 6.20 Å². The summed E-state index contributed by atoms with van der Waals surface area (Å²) < 4.78 is 8.15. The van der Waals surface area contributed by atoms with Gasteiger partial charge in [-0.25, -0.2) is 4.98 Å². The van der Waals surface area contributed by atoms with E-state index < -0.39 is 0 Å². The van der Waals surface area contributed by atoms with Gasteiger partial charge in [-0.05, 0) is 32.0 Å². The molecule has 0 saturated carbocycles. The van der Waals surface area contributed by atoms with E-state index in [2.05, 4.69) is 57.7 Å². The van der Waals surface area contributed by atoms with Gasteiger partial charge in [0.2, 0.25) is 0 Å². The lowest BCUT2D eigenvalue weighted by Crippen LogP contribution is -2.44. The Kier molecular flexibility index (Phi) is 4.41. The number of H-pyrrole nitrogens is 1. The summed E-state index contributed by atoms with van der Waals surface area (Å²) in [7, 11) is 0. The summed E-state index contributed by atoms with van der Waals surface area (Å²) in [5.41, 5.74) is 2.10. The topological polar surface area (TPSA) is 59.0 Å². The van der Waals surface area contributed by atoms with Crippen molar-refractivity contribution in [1.82, 2.24) is 24.6 Å². The van der Waals surface area contributed by atoms with E-state index in [-0.39, 0.29) is 5.41 Å². The Balaban J connectivity index is 1.61. The largest absolute Gasteiger partial charge is 0.378 e. The number of likely N-dealkylation sites (tertiary alicyclic amines) is 1. The van der Waals surface area contributed by atoms with Crippen molar-refractivity contribution in [3.05, 3.63) is 24.2 Å². The maximum Gasteiger partial charge on any atom is 0.160 e. The number of nitrogens with zero attached hydrogens (tertiary/aromatic N) is 4. The van der Waals surface area contributed by atoms with Crippen molar-refractivity contribution in [1.29, 1.82) is 0 Å². The predicted molar refractivity (Wildman–Crippen MR) is 97.6 cm³/mol. The summed E-state index contributed by atoms with van der Waals surface area (Å²) in [6, 6.07) is 2.88. The molecular formula is C19H29N5O. The molecule has 0 aromatic carbocycles. The molecule has 6 nitrogen and oxygen atoms in total. The van der Waals surface area contributed by atoms with Crippen LogP contribution in [0, 0.1) is 0 Å². The maximum atomic E-state index is 5.88. The van der Waals surface area contributed by atoms with Crippen LogP contribution in [0.3, 0.4) is 0 Å². The first kappa shape index (κ1) is 16.8. The maximum absolute atomic E-state index is 5.88. The third-order valence-corrected chi connectivity index (χ3v) is 5.52. The first-order valence-corrected chi connectivity index (χ1v) is 9.45. The SMILES string of the molecule is CC(C)(C)c1cc(-c2nccn2[C@@H]2COC[C@H]2N2CCCCC2)n[nH]1. The van der Waals surface area contributed by atoms with Gasteiger partial charge in [0.1, 0.15) is 5.69 Å². The first-order valence-electron chi connectivity index (χ1n) is 9.45. The lowest BCUT2D eigenvalue weighted by molar-refractivity contribution is 0.122. The highest BCUT2D eigenvalue weighted by Gasteiger charge is 2.36. The number of aromatic amines is 1. The number of imidazole rings is 1. The van der Waals surface area contributed by atoms with Gasteiger partial charge in [0.05, 0.1) is 25.3 Å². The van der Waals surface area contributed by atoms with Crippen LogP contribution in [0.15, 0.2) is 18.5 Å². The highest BCUT2D eigenvalue weighted by Crippen LogP contribution is 2.31. The molecule has 6 heteroatoms. The summed E-state index contributed by atoms with van der Waals surface area (Å²) in [6.45, 7) is 10.5. The fourth-order valence-electron chi connectivity index (χ4n) is 4.00. The normalized spacial score (nSPS) is 25.6. The molecule has 1 N–H and O–H groups in total. The predicted octanol–water partition coefficient (Wildman–Crippen LogP) is 3.00.